The van der Waals surface area contributed by atoms with E-state index in [4.69, 9.17) is 5.73 Å². The minimum atomic E-state index is -4.41. The number of benzene rings is 1. The van der Waals surface area contributed by atoms with Gasteiger partial charge in [-0.15, -0.1) is 0 Å². The van der Waals surface area contributed by atoms with E-state index in [1.54, 1.807) is 30.3 Å². The summed E-state index contributed by atoms with van der Waals surface area (Å²) in [5.41, 5.74) is 6.18. The third kappa shape index (κ3) is 4.03. The normalized spacial score (nSPS) is 13.2. The average molecular weight is 260 g/mol. The van der Waals surface area contributed by atoms with Crippen molar-refractivity contribution in [3.8, 4) is 0 Å². The second-order valence-corrected chi connectivity index (χ2v) is 3.86. The number of carbonyl (C=O) groups excluding carboxylic acids is 1. The Kier molecular flexibility index (Phi) is 4.72. The molecule has 0 saturated heterocycles. The first-order valence-electron chi connectivity index (χ1n) is 5.51. The molecule has 18 heavy (non-hydrogen) atoms. The van der Waals surface area contributed by atoms with E-state index in [1.807, 2.05) is 0 Å². The van der Waals surface area contributed by atoms with Gasteiger partial charge in [0.15, 0.2) is 0 Å². The maximum absolute atomic E-state index is 12.3. The van der Waals surface area contributed by atoms with Crippen LogP contribution in [-0.4, -0.2) is 30.1 Å². The Hall–Kier alpha value is -1.56. The summed E-state index contributed by atoms with van der Waals surface area (Å²) in [6.07, 6.45) is -4.41. The lowest BCUT2D eigenvalue weighted by atomic mass is 10.1. The predicted molar refractivity (Wildman–Crippen MR) is 61.7 cm³/mol. The van der Waals surface area contributed by atoms with Crippen molar-refractivity contribution in [2.24, 2.45) is 5.73 Å². The molecule has 3 nitrogen and oxygen atoms in total. The van der Waals surface area contributed by atoms with Crippen molar-refractivity contribution in [1.29, 1.82) is 0 Å². The Morgan fingerprint density at radius 1 is 1.33 bits per heavy atom. The second-order valence-electron chi connectivity index (χ2n) is 3.86. The third-order valence-electron chi connectivity index (χ3n) is 2.49. The largest absolute Gasteiger partial charge is 0.406 e. The molecule has 0 aromatic heterocycles. The highest BCUT2D eigenvalue weighted by atomic mass is 19.4. The van der Waals surface area contributed by atoms with E-state index < -0.39 is 24.7 Å². The van der Waals surface area contributed by atoms with Crippen LogP contribution in [0.25, 0.3) is 0 Å². The van der Waals surface area contributed by atoms with E-state index in [9.17, 15) is 18.0 Å². The first-order chi connectivity index (χ1) is 8.35. The molecule has 0 heterocycles. The SMILES string of the molecule is CCN(CC(F)(F)F)C(=O)[C@@H](N)c1ccccc1. The Labute approximate surface area is 103 Å². The number of alkyl halides is 3. The van der Waals surface area contributed by atoms with Crippen LogP contribution in [-0.2, 0) is 4.79 Å². The van der Waals surface area contributed by atoms with Crippen LogP contribution in [0.4, 0.5) is 13.2 Å². The minimum absolute atomic E-state index is 0.0289. The topological polar surface area (TPSA) is 46.3 Å². The highest BCUT2D eigenvalue weighted by Crippen LogP contribution is 2.19. The molecule has 1 rings (SSSR count). The lowest BCUT2D eigenvalue weighted by molar-refractivity contribution is -0.161. The van der Waals surface area contributed by atoms with Crippen LogP contribution < -0.4 is 5.73 Å². The van der Waals surface area contributed by atoms with Gasteiger partial charge in [-0.25, -0.2) is 0 Å². The summed E-state index contributed by atoms with van der Waals surface area (Å²) in [6.45, 7) is 0.184. The van der Waals surface area contributed by atoms with E-state index in [0.717, 1.165) is 0 Å². The minimum Gasteiger partial charge on any atom is -0.332 e. The summed E-state index contributed by atoms with van der Waals surface area (Å²) in [5.74, 6) is -0.721. The van der Waals surface area contributed by atoms with Gasteiger partial charge in [0.1, 0.15) is 12.6 Å². The van der Waals surface area contributed by atoms with Crippen molar-refractivity contribution in [2.75, 3.05) is 13.1 Å². The molecule has 0 radical (unpaired) electrons. The first-order valence-corrected chi connectivity index (χ1v) is 5.51. The number of halogens is 3. The monoisotopic (exact) mass is 260 g/mol. The van der Waals surface area contributed by atoms with Gasteiger partial charge < -0.3 is 10.6 Å². The smallest absolute Gasteiger partial charge is 0.332 e. The lowest BCUT2D eigenvalue weighted by Crippen LogP contribution is -2.43. The van der Waals surface area contributed by atoms with E-state index >= 15 is 0 Å². The molecule has 1 atom stereocenters. The van der Waals surface area contributed by atoms with Crippen molar-refractivity contribution < 1.29 is 18.0 Å². The highest BCUT2D eigenvalue weighted by Gasteiger charge is 2.34. The van der Waals surface area contributed by atoms with Crippen LogP contribution in [0.15, 0.2) is 30.3 Å². The van der Waals surface area contributed by atoms with Gasteiger partial charge in [-0.2, -0.15) is 13.2 Å². The van der Waals surface area contributed by atoms with Crippen LogP contribution in [0.1, 0.15) is 18.5 Å². The molecule has 2 N–H and O–H groups in total. The molecule has 1 aromatic rings. The summed E-state index contributed by atoms with van der Waals surface area (Å²) in [5, 5.41) is 0. The fraction of sp³-hybridized carbons (Fsp3) is 0.417. The molecule has 6 heteroatoms. The number of nitrogens with two attached hydrogens (primary N) is 1. The molecule has 100 valence electrons. The Morgan fingerprint density at radius 2 is 1.89 bits per heavy atom. The quantitative estimate of drug-likeness (QED) is 0.901. The number of carbonyl (C=O) groups is 1. The number of likely N-dealkylation sites (N-methyl/N-ethyl adjacent to an activating group) is 1. The van der Waals surface area contributed by atoms with Gasteiger partial charge >= 0.3 is 6.18 Å². The molecule has 1 aromatic carbocycles. The standard InChI is InChI=1S/C12H15F3N2O/c1-2-17(8-12(13,14)15)11(18)10(16)9-6-4-3-5-7-9/h3-7,10H,2,8,16H2,1H3/t10-/m0/s1. The Morgan fingerprint density at radius 3 is 2.33 bits per heavy atom. The molecule has 0 bridgehead atoms. The molecular weight excluding hydrogens is 245 g/mol. The number of rotatable bonds is 4. The van der Waals surface area contributed by atoms with Crippen LogP contribution >= 0.6 is 0 Å². The fourth-order valence-corrected chi connectivity index (χ4v) is 1.56. The van der Waals surface area contributed by atoms with Crippen molar-refractivity contribution in [3.05, 3.63) is 35.9 Å². The zero-order valence-electron chi connectivity index (χ0n) is 9.95. The zero-order chi connectivity index (χ0) is 13.8. The van der Waals surface area contributed by atoms with Gasteiger partial charge in [0.05, 0.1) is 0 Å². The number of amides is 1. The molecular formula is C12H15F3N2O. The van der Waals surface area contributed by atoms with Crippen molar-refractivity contribution in [3.63, 3.8) is 0 Å². The summed E-state index contributed by atoms with van der Waals surface area (Å²) in [7, 11) is 0. The summed E-state index contributed by atoms with van der Waals surface area (Å²) >= 11 is 0. The van der Waals surface area contributed by atoms with Crippen molar-refractivity contribution >= 4 is 5.91 Å². The maximum Gasteiger partial charge on any atom is 0.406 e. The second kappa shape index (κ2) is 5.86. The molecule has 0 saturated carbocycles. The zero-order valence-corrected chi connectivity index (χ0v) is 9.95. The lowest BCUT2D eigenvalue weighted by Gasteiger charge is -2.25. The van der Waals surface area contributed by atoms with Gasteiger partial charge in [0.25, 0.3) is 0 Å². The molecule has 0 fully saturated rings. The highest BCUT2D eigenvalue weighted by molar-refractivity contribution is 5.83. The van der Waals surface area contributed by atoms with Crippen molar-refractivity contribution in [2.45, 2.75) is 19.1 Å². The summed E-state index contributed by atoms with van der Waals surface area (Å²) < 4.78 is 36.9. The molecule has 0 aliphatic rings. The maximum atomic E-state index is 12.3. The van der Waals surface area contributed by atoms with E-state index in [-0.39, 0.29) is 6.54 Å². The first kappa shape index (κ1) is 14.5. The van der Waals surface area contributed by atoms with Crippen molar-refractivity contribution in [1.82, 2.24) is 4.90 Å². The van der Waals surface area contributed by atoms with Gasteiger partial charge in [-0.3, -0.25) is 4.79 Å². The van der Waals surface area contributed by atoms with Crippen LogP contribution in [0.5, 0.6) is 0 Å². The van der Waals surface area contributed by atoms with Crippen LogP contribution in [0.2, 0.25) is 0 Å². The van der Waals surface area contributed by atoms with Gasteiger partial charge in [-0.05, 0) is 12.5 Å². The summed E-state index contributed by atoms with van der Waals surface area (Å²) in [4.78, 5) is 12.6. The number of nitrogens with zero attached hydrogens (tertiary/aromatic N) is 1. The van der Waals surface area contributed by atoms with E-state index in [1.165, 1.54) is 6.92 Å². The molecule has 0 aliphatic carbocycles. The van der Waals surface area contributed by atoms with E-state index in [2.05, 4.69) is 0 Å². The van der Waals surface area contributed by atoms with Gasteiger partial charge in [0, 0.05) is 6.54 Å². The summed E-state index contributed by atoms with van der Waals surface area (Å²) in [6, 6.07) is 7.28. The van der Waals surface area contributed by atoms with Gasteiger partial charge in [0.2, 0.25) is 5.91 Å². The van der Waals surface area contributed by atoms with Crippen LogP contribution in [0.3, 0.4) is 0 Å². The molecule has 0 spiro atoms. The Bertz CT molecular complexity index is 392. The fourth-order valence-electron chi connectivity index (χ4n) is 1.56. The average Bonchev–Trinajstić information content (AvgIpc) is 2.34. The van der Waals surface area contributed by atoms with E-state index in [0.29, 0.717) is 10.5 Å². The molecule has 1 amide bonds. The molecule has 0 unspecified atom stereocenters. The van der Waals surface area contributed by atoms with Gasteiger partial charge in [-0.1, -0.05) is 30.3 Å². The Balaban J connectivity index is 2.79. The van der Waals surface area contributed by atoms with Crippen LogP contribution in [0, 0.1) is 0 Å². The predicted octanol–water partition coefficient (Wildman–Crippen LogP) is 2.10. The number of hydrogen-bond donors (Lipinski definition) is 1. The number of hydrogen-bond acceptors (Lipinski definition) is 2. The molecule has 0 aliphatic heterocycles. The third-order valence-corrected chi connectivity index (χ3v) is 2.49.